The van der Waals surface area contributed by atoms with Gasteiger partial charge >= 0.3 is 5.97 Å². The summed E-state index contributed by atoms with van der Waals surface area (Å²) in [5, 5.41) is 1.56. The van der Waals surface area contributed by atoms with Crippen molar-refractivity contribution in [2.24, 2.45) is 0 Å². The quantitative estimate of drug-likeness (QED) is 0.682. The Balaban J connectivity index is 1.50. The fourth-order valence-corrected chi connectivity index (χ4v) is 3.57. The minimum absolute atomic E-state index is 0.0350. The van der Waals surface area contributed by atoms with Gasteiger partial charge in [-0.05, 0) is 42.5 Å². The van der Waals surface area contributed by atoms with Crippen LogP contribution in [0.3, 0.4) is 0 Å². The van der Waals surface area contributed by atoms with E-state index in [9.17, 15) is 9.59 Å². The third-order valence-electron chi connectivity index (χ3n) is 4.92. The zero-order valence-corrected chi connectivity index (χ0v) is 16.1. The molecule has 1 N–H and O–H groups in total. The summed E-state index contributed by atoms with van der Waals surface area (Å²) < 4.78 is 10.4. The fourth-order valence-electron chi connectivity index (χ4n) is 3.44. The van der Waals surface area contributed by atoms with E-state index >= 15 is 0 Å². The highest BCUT2D eigenvalue weighted by molar-refractivity contribution is 6.30. The van der Waals surface area contributed by atoms with Crippen molar-refractivity contribution < 1.29 is 19.1 Å². The molecule has 28 heavy (non-hydrogen) atoms. The van der Waals surface area contributed by atoms with Crippen molar-refractivity contribution in [2.45, 2.75) is 13.0 Å². The second-order valence-corrected chi connectivity index (χ2v) is 7.08. The van der Waals surface area contributed by atoms with E-state index in [-0.39, 0.29) is 18.5 Å². The standard InChI is InChI=1S/C21H19ClN2O4/c1-27-21(26)13-2-7-18-16(10-13)17-11-24(9-8-19(17)23-18)20(25)12-28-15-5-3-14(22)4-6-15/h2-7,10,23H,8-9,11-12H2,1H3. The Bertz CT molecular complexity index is 1040. The number of ether oxygens (including phenoxy) is 2. The summed E-state index contributed by atoms with van der Waals surface area (Å²) in [5.41, 5.74) is 3.57. The number of hydrogen-bond acceptors (Lipinski definition) is 4. The molecule has 144 valence electrons. The van der Waals surface area contributed by atoms with Crippen molar-refractivity contribution >= 4 is 34.4 Å². The highest BCUT2D eigenvalue weighted by Gasteiger charge is 2.25. The van der Waals surface area contributed by atoms with Crippen LogP contribution in [0.5, 0.6) is 5.75 Å². The number of aromatic nitrogens is 1. The number of esters is 1. The van der Waals surface area contributed by atoms with Crippen molar-refractivity contribution in [1.29, 1.82) is 0 Å². The number of hydrogen-bond donors (Lipinski definition) is 1. The number of benzene rings is 2. The largest absolute Gasteiger partial charge is 0.484 e. The van der Waals surface area contributed by atoms with Crippen LogP contribution in [0.15, 0.2) is 42.5 Å². The van der Waals surface area contributed by atoms with E-state index < -0.39 is 0 Å². The van der Waals surface area contributed by atoms with E-state index in [0.29, 0.717) is 29.4 Å². The van der Waals surface area contributed by atoms with Crippen LogP contribution >= 0.6 is 11.6 Å². The Morgan fingerprint density at radius 3 is 2.71 bits per heavy atom. The number of nitrogens with zero attached hydrogens (tertiary/aromatic N) is 1. The van der Waals surface area contributed by atoms with Gasteiger partial charge in [-0.25, -0.2) is 4.79 Å². The number of fused-ring (bicyclic) bond motifs is 3. The molecule has 1 aliphatic rings. The van der Waals surface area contributed by atoms with Gasteiger partial charge in [-0.2, -0.15) is 0 Å². The summed E-state index contributed by atoms with van der Waals surface area (Å²) in [6, 6.07) is 12.3. The van der Waals surface area contributed by atoms with Crippen LogP contribution in [0.2, 0.25) is 5.02 Å². The van der Waals surface area contributed by atoms with Gasteiger partial charge in [-0.15, -0.1) is 0 Å². The maximum atomic E-state index is 12.6. The van der Waals surface area contributed by atoms with Crippen molar-refractivity contribution in [3.63, 3.8) is 0 Å². The van der Waals surface area contributed by atoms with E-state index in [4.69, 9.17) is 21.1 Å². The summed E-state index contributed by atoms with van der Waals surface area (Å²) in [7, 11) is 1.36. The first-order valence-corrected chi connectivity index (χ1v) is 9.31. The van der Waals surface area contributed by atoms with Crippen molar-refractivity contribution in [3.05, 3.63) is 64.3 Å². The molecule has 3 aromatic rings. The lowest BCUT2D eigenvalue weighted by Gasteiger charge is -2.27. The zero-order valence-electron chi connectivity index (χ0n) is 15.3. The second kappa shape index (κ2) is 7.56. The first-order valence-electron chi connectivity index (χ1n) is 8.93. The van der Waals surface area contributed by atoms with Crippen LogP contribution in [0.1, 0.15) is 21.6 Å². The third kappa shape index (κ3) is 3.55. The minimum Gasteiger partial charge on any atom is -0.484 e. The molecule has 6 nitrogen and oxygen atoms in total. The van der Waals surface area contributed by atoms with Crippen LogP contribution in [-0.4, -0.2) is 42.0 Å². The van der Waals surface area contributed by atoms with Crippen molar-refractivity contribution in [1.82, 2.24) is 9.88 Å². The van der Waals surface area contributed by atoms with Crippen LogP contribution < -0.4 is 4.74 Å². The van der Waals surface area contributed by atoms with E-state index in [2.05, 4.69) is 4.98 Å². The normalized spacial score (nSPS) is 13.3. The molecular formula is C21H19ClN2O4. The monoisotopic (exact) mass is 398 g/mol. The third-order valence-corrected chi connectivity index (χ3v) is 5.18. The molecule has 0 unspecified atom stereocenters. The predicted molar refractivity (Wildman–Crippen MR) is 106 cm³/mol. The van der Waals surface area contributed by atoms with Gasteiger partial charge in [0, 0.05) is 46.7 Å². The fraction of sp³-hybridized carbons (Fsp3) is 0.238. The molecule has 0 radical (unpaired) electrons. The van der Waals surface area contributed by atoms with Crippen LogP contribution in [0, 0.1) is 0 Å². The number of halogens is 1. The molecule has 2 heterocycles. The van der Waals surface area contributed by atoms with Gasteiger partial charge in [0.1, 0.15) is 5.75 Å². The predicted octanol–water partition coefficient (Wildman–Crippen LogP) is 3.57. The SMILES string of the molecule is COC(=O)c1ccc2[nH]c3c(c2c1)CN(C(=O)COc1ccc(Cl)cc1)CC3. The van der Waals surface area contributed by atoms with Crippen molar-refractivity contribution in [3.8, 4) is 5.75 Å². The highest BCUT2D eigenvalue weighted by Crippen LogP contribution is 2.29. The summed E-state index contributed by atoms with van der Waals surface area (Å²) in [6.45, 7) is 1.06. The van der Waals surface area contributed by atoms with Gasteiger partial charge in [0.2, 0.25) is 0 Å². The highest BCUT2D eigenvalue weighted by atomic mass is 35.5. The number of carbonyl (C=O) groups excluding carboxylic acids is 2. The molecule has 7 heteroatoms. The molecule has 0 aliphatic carbocycles. The van der Waals surface area contributed by atoms with Gasteiger partial charge < -0.3 is 19.4 Å². The Kier molecular flexibility index (Phi) is 4.96. The Morgan fingerprint density at radius 1 is 1.18 bits per heavy atom. The lowest BCUT2D eigenvalue weighted by Crippen LogP contribution is -2.38. The molecule has 1 aliphatic heterocycles. The first-order chi connectivity index (χ1) is 13.5. The number of methoxy groups -OCH3 is 1. The summed E-state index contributed by atoms with van der Waals surface area (Å²) in [6.07, 6.45) is 0.726. The lowest BCUT2D eigenvalue weighted by molar-refractivity contribution is -0.134. The maximum Gasteiger partial charge on any atom is 0.337 e. The topological polar surface area (TPSA) is 71.6 Å². The molecule has 0 saturated heterocycles. The van der Waals surface area contributed by atoms with Crippen LogP contribution in [0.25, 0.3) is 10.9 Å². The maximum absolute atomic E-state index is 12.6. The molecule has 0 fully saturated rings. The number of nitrogens with one attached hydrogen (secondary N) is 1. The molecule has 0 atom stereocenters. The molecule has 0 saturated carbocycles. The molecule has 2 aromatic carbocycles. The number of amides is 1. The molecule has 0 spiro atoms. The molecule has 0 bridgehead atoms. The molecule has 4 rings (SSSR count). The zero-order chi connectivity index (χ0) is 19.7. The smallest absolute Gasteiger partial charge is 0.337 e. The van der Waals surface area contributed by atoms with E-state index in [1.54, 1.807) is 35.2 Å². The Morgan fingerprint density at radius 2 is 1.96 bits per heavy atom. The minimum atomic E-state index is -0.378. The summed E-state index contributed by atoms with van der Waals surface area (Å²) in [5.74, 6) is 0.140. The number of H-pyrrole nitrogens is 1. The van der Waals surface area contributed by atoms with E-state index in [1.807, 2.05) is 12.1 Å². The number of carbonyl (C=O) groups is 2. The average Bonchev–Trinajstić information content (AvgIpc) is 3.09. The molecular weight excluding hydrogens is 380 g/mol. The molecule has 1 amide bonds. The van der Waals surface area contributed by atoms with Crippen LogP contribution in [-0.2, 0) is 22.5 Å². The Hall–Kier alpha value is -2.99. The number of aromatic amines is 1. The van der Waals surface area contributed by atoms with Crippen LogP contribution in [0.4, 0.5) is 0 Å². The van der Waals surface area contributed by atoms with Gasteiger partial charge in [0.15, 0.2) is 6.61 Å². The Labute approximate surface area is 167 Å². The second-order valence-electron chi connectivity index (χ2n) is 6.64. The van der Waals surface area contributed by atoms with Gasteiger partial charge in [-0.3, -0.25) is 4.79 Å². The van der Waals surface area contributed by atoms with Gasteiger partial charge in [0.25, 0.3) is 5.91 Å². The lowest BCUT2D eigenvalue weighted by atomic mass is 10.0. The summed E-state index contributed by atoms with van der Waals surface area (Å²) in [4.78, 5) is 29.6. The van der Waals surface area contributed by atoms with E-state index in [1.165, 1.54) is 7.11 Å². The number of rotatable bonds is 4. The summed E-state index contributed by atoms with van der Waals surface area (Å²) >= 11 is 5.86. The van der Waals surface area contributed by atoms with Gasteiger partial charge in [-0.1, -0.05) is 11.6 Å². The van der Waals surface area contributed by atoms with Crippen molar-refractivity contribution in [2.75, 3.05) is 20.3 Å². The molecule has 1 aromatic heterocycles. The first kappa shape index (κ1) is 18.4. The average molecular weight is 399 g/mol. The van der Waals surface area contributed by atoms with E-state index in [0.717, 1.165) is 28.6 Å². The van der Waals surface area contributed by atoms with Gasteiger partial charge in [0.05, 0.1) is 12.7 Å².